The van der Waals surface area contributed by atoms with Gasteiger partial charge in [-0.1, -0.05) is 30.7 Å². The Balaban J connectivity index is 2.15. The third-order valence-corrected chi connectivity index (χ3v) is 6.32. The van der Waals surface area contributed by atoms with Gasteiger partial charge < -0.3 is 5.32 Å². The van der Waals surface area contributed by atoms with E-state index >= 15 is 0 Å². The van der Waals surface area contributed by atoms with Crippen molar-refractivity contribution in [3.63, 3.8) is 0 Å². The standard InChI is InChI=1S/C15H21ClFNO2S/c1-2-18-9-13(12-6-7-21(19,20)10-12)8-11-4-3-5-14(17)15(11)16/h3-5,12-13,18H,2,6-10H2,1H3. The fraction of sp³-hybridized carbons (Fsp3) is 0.600. The van der Waals surface area contributed by atoms with Gasteiger partial charge in [-0.3, -0.25) is 0 Å². The van der Waals surface area contributed by atoms with Crippen molar-refractivity contribution >= 4 is 21.4 Å². The van der Waals surface area contributed by atoms with Crippen molar-refractivity contribution < 1.29 is 12.8 Å². The summed E-state index contributed by atoms with van der Waals surface area (Å²) in [5.74, 6) is 0.345. The van der Waals surface area contributed by atoms with E-state index < -0.39 is 15.7 Å². The zero-order chi connectivity index (χ0) is 15.5. The van der Waals surface area contributed by atoms with Crippen LogP contribution < -0.4 is 5.32 Å². The van der Waals surface area contributed by atoms with Gasteiger partial charge in [0, 0.05) is 0 Å². The molecule has 6 heteroatoms. The molecule has 0 saturated carbocycles. The molecule has 2 atom stereocenters. The summed E-state index contributed by atoms with van der Waals surface area (Å²) in [6.45, 7) is 3.56. The largest absolute Gasteiger partial charge is 0.317 e. The maximum absolute atomic E-state index is 13.5. The number of rotatable bonds is 6. The Bertz CT molecular complexity index is 591. The molecule has 1 aromatic rings. The van der Waals surface area contributed by atoms with Crippen LogP contribution in [0.25, 0.3) is 0 Å². The molecular weight excluding hydrogens is 313 g/mol. The molecular formula is C15H21ClFNO2S. The molecule has 21 heavy (non-hydrogen) atoms. The third kappa shape index (κ3) is 4.41. The highest BCUT2D eigenvalue weighted by Gasteiger charge is 2.33. The fourth-order valence-electron chi connectivity index (χ4n) is 2.92. The van der Waals surface area contributed by atoms with Gasteiger partial charge in [-0.15, -0.1) is 0 Å². The second kappa shape index (κ2) is 7.07. The van der Waals surface area contributed by atoms with Crippen LogP contribution in [0.4, 0.5) is 4.39 Å². The second-order valence-corrected chi connectivity index (χ2v) is 8.25. The molecule has 1 saturated heterocycles. The molecule has 2 unspecified atom stereocenters. The first-order chi connectivity index (χ1) is 9.93. The lowest BCUT2D eigenvalue weighted by Gasteiger charge is -2.23. The van der Waals surface area contributed by atoms with E-state index in [9.17, 15) is 12.8 Å². The van der Waals surface area contributed by atoms with Gasteiger partial charge in [0.2, 0.25) is 0 Å². The molecule has 3 nitrogen and oxygen atoms in total. The van der Waals surface area contributed by atoms with Crippen LogP contribution in [0, 0.1) is 17.7 Å². The van der Waals surface area contributed by atoms with Crippen LogP contribution in [0.5, 0.6) is 0 Å². The lowest BCUT2D eigenvalue weighted by atomic mass is 9.86. The van der Waals surface area contributed by atoms with E-state index in [0.29, 0.717) is 12.8 Å². The number of hydrogen-bond acceptors (Lipinski definition) is 3. The van der Waals surface area contributed by atoms with Crippen molar-refractivity contribution in [2.24, 2.45) is 11.8 Å². The Kier molecular flexibility index (Phi) is 5.63. The minimum absolute atomic E-state index is 0.119. The predicted octanol–water partition coefficient (Wildman–Crippen LogP) is 2.68. The van der Waals surface area contributed by atoms with E-state index in [1.807, 2.05) is 13.0 Å². The van der Waals surface area contributed by atoms with Crippen molar-refractivity contribution in [2.45, 2.75) is 19.8 Å². The maximum atomic E-state index is 13.5. The highest BCUT2D eigenvalue weighted by Crippen LogP contribution is 2.30. The summed E-state index contributed by atoms with van der Waals surface area (Å²) in [6, 6.07) is 4.80. The van der Waals surface area contributed by atoms with Crippen LogP contribution in [-0.4, -0.2) is 33.0 Å². The van der Waals surface area contributed by atoms with Gasteiger partial charge in [0.25, 0.3) is 0 Å². The number of sulfone groups is 1. The molecule has 0 spiro atoms. The normalized spacial score (nSPS) is 22.3. The molecule has 1 N–H and O–H groups in total. The molecule has 0 aromatic heterocycles. The van der Waals surface area contributed by atoms with Crippen LogP contribution in [0.2, 0.25) is 5.02 Å². The molecule has 118 valence electrons. The smallest absolute Gasteiger partial charge is 0.150 e. The summed E-state index contributed by atoms with van der Waals surface area (Å²) in [5, 5.41) is 3.43. The van der Waals surface area contributed by atoms with E-state index in [0.717, 1.165) is 18.7 Å². The molecule has 1 fully saturated rings. The van der Waals surface area contributed by atoms with E-state index in [1.54, 1.807) is 6.07 Å². The van der Waals surface area contributed by atoms with Gasteiger partial charge in [-0.25, -0.2) is 12.8 Å². The van der Waals surface area contributed by atoms with Crippen molar-refractivity contribution in [2.75, 3.05) is 24.6 Å². The molecule has 1 aliphatic rings. The zero-order valence-electron chi connectivity index (χ0n) is 12.1. The molecule has 1 aromatic carbocycles. The molecule has 2 rings (SSSR count). The van der Waals surface area contributed by atoms with Crippen molar-refractivity contribution in [3.8, 4) is 0 Å². The average molecular weight is 334 g/mol. The summed E-state index contributed by atoms with van der Waals surface area (Å²) in [5.41, 5.74) is 0.754. The van der Waals surface area contributed by atoms with Gasteiger partial charge in [0.05, 0.1) is 16.5 Å². The summed E-state index contributed by atoms with van der Waals surface area (Å²) >= 11 is 6.02. The van der Waals surface area contributed by atoms with Crippen LogP contribution in [0.3, 0.4) is 0 Å². The lowest BCUT2D eigenvalue weighted by molar-refractivity contribution is 0.345. The topological polar surface area (TPSA) is 46.2 Å². The minimum Gasteiger partial charge on any atom is -0.317 e. The first-order valence-electron chi connectivity index (χ1n) is 7.27. The number of nitrogens with one attached hydrogen (secondary N) is 1. The monoisotopic (exact) mass is 333 g/mol. The molecule has 0 aliphatic carbocycles. The van der Waals surface area contributed by atoms with E-state index in [1.165, 1.54) is 6.07 Å². The highest BCUT2D eigenvalue weighted by molar-refractivity contribution is 7.91. The summed E-state index contributed by atoms with van der Waals surface area (Å²) in [4.78, 5) is 0. The van der Waals surface area contributed by atoms with Gasteiger partial charge in [-0.05, 0) is 49.4 Å². The number of benzene rings is 1. The van der Waals surface area contributed by atoms with Gasteiger partial charge >= 0.3 is 0 Å². The van der Waals surface area contributed by atoms with Crippen molar-refractivity contribution in [1.82, 2.24) is 5.32 Å². The number of hydrogen-bond donors (Lipinski definition) is 1. The van der Waals surface area contributed by atoms with E-state index in [-0.39, 0.29) is 28.4 Å². The molecule has 0 amide bonds. The molecule has 1 heterocycles. The van der Waals surface area contributed by atoms with Crippen LogP contribution in [-0.2, 0) is 16.3 Å². The second-order valence-electron chi connectivity index (χ2n) is 5.65. The number of halogens is 2. The zero-order valence-corrected chi connectivity index (χ0v) is 13.7. The molecule has 0 bridgehead atoms. The van der Waals surface area contributed by atoms with E-state index in [4.69, 9.17) is 11.6 Å². The predicted molar refractivity (Wildman–Crippen MR) is 83.9 cm³/mol. The maximum Gasteiger partial charge on any atom is 0.150 e. The SMILES string of the molecule is CCNCC(Cc1cccc(F)c1Cl)C1CCS(=O)(=O)C1. The van der Waals surface area contributed by atoms with Crippen LogP contribution >= 0.6 is 11.6 Å². The first-order valence-corrected chi connectivity index (χ1v) is 9.47. The van der Waals surface area contributed by atoms with Crippen LogP contribution in [0.1, 0.15) is 18.9 Å². The molecule has 1 aliphatic heterocycles. The first kappa shape index (κ1) is 16.7. The quantitative estimate of drug-likeness (QED) is 0.870. The Labute approximate surface area is 130 Å². The lowest BCUT2D eigenvalue weighted by Crippen LogP contribution is -2.30. The average Bonchev–Trinajstić information content (AvgIpc) is 2.79. The summed E-state index contributed by atoms with van der Waals surface area (Å²) in [7, 11) is -2.91. The summed E-state index contributed by atoms with van der Waals surface area (Å²) in [6.07, 6.45) is 1.29. The van der Waals surface area contributed by atoms with Crippen LogP contribution in [0.15, 0.2) is 18.2 Å². The fourth-order valence-corrected chi connectivity index (χ4v) is 5.04. The summed E-state index contributed by atoms with van der Waals surface area (Å²) < 4.78 is 36.9. The Morgan fingerprint density at radius 1 is 1.48 bits per heavy atom. The molecule has 0 radical (unpaired) electrons. The third-order valence-electron chi connectivity index (χ3n) is 4.10. The Hall–Kier alpha value is -0.650. The van der Waals surface area contributed by atoms with Gasteiger partial charge in [-0.2, -0.15) is 0 Å². The Morgan fingerprint density at radius 2 is 2.24 bits per heavy atom. The van der Waals surface area contributed by atoms with Gasteiger partial charge in [0.15, 0.2) is 9.84 Å². The highest BCUT2D eigenvalue weighted by atomic mass is 35.5. The minimum atomic E-state index is -2.91. The van der Waals surface area contributed by atoms with E-state index in [2.05, 4.69) is 5.32 Å². The van der Waals surface area contributed by atoms with Crippen molar-refractivity contribution in [1.29, 1.82) is 0 Å². The Morgan fingerprint density at radius 3 is 2.86 bits per heavy atom. The van der Waals surface area contributed by atoms with Gasteiger partial charge in [0.1, 0.15) is 5.82 Å². The van der Waals surface area contributed by atoms with Crippen molar-refractivity contribution in [3.05, 3.63) is 34.6 Å².